The highest BCUT2D eigenvalue weighted by Crippen LogP contribution is 2.36. The lowest BCUT2D eigenvalue weighted by atomic mass is 10.2. The number of hydrogen-bond donors (Lipinski definition) is 2. The van der Waals surface area contributed by atoms with Crippen LogP contribution in [-0.2, 0) is 4.79 Å². The standard InChI is InChI=1S/C16H10N4O2S2/c21-14-12(8-9-4-3-7-23-9)24-16(18-14)20-19-13-10-5-1-2-6-11(10)17-15(13)22/h1-8,17,22H. The number of carbonyl (C=O) groups is 1. The van der Waals surface area contributed by atoms with Gasteiger partial charge in [-0.3, -0.25) is 4.79 Å². The van der Waals surface area contributed by atoms with Crippen molar-refractivity contribution in [2.75, 3.05) is 0 Å². The number of fused-ring (bicyclic) bond motifs is 1. The molecule has 0 bridgehead atoms. The Hall–Kier alpha value is -2.71. The first kappa shape index (κ1) is 14.9. The lowest BCUT2D eigenvalue weighted by Gasteiger charge is -1.92. The molecular formula is C16H10N4O2S2. The second kappa shape index (κ2) is 6.06. The number of H-pyrrole nitrogens is 1. The minimum absolute atomic E-state index is 0.0655. The average molecular weight is 354 g/mol. The molecule has 1 aliphatic heterocycles. The summed E-state index contributed by atoms with van der Waals surface area (Å²) in [7, 11) is 0. The van der Waals surface area contributed by atoms with E-state index in [9.17, 15) is 9.90 Å². The molecule has 1 aromatic carbocycles. The summed E-state index contributed by atoms with van der Waals surface area (Å²) < 4.78 is 0. The van der Waals surface area contributed by atoms with Crippen molar-refractivity contribution in [3.8, 4) is 5.88 Å². The van der Waals surface area contributed by atoms with E-state index in [0.29, 0.717) is 10.6 Å². The molecule has 2 aromatic heterocycles. The molecule has 2 N–H and O–H groups in total. The van der Waals surface area contributed by atoms with Crippen LogP contribution in [0.2, 0.25) is 0 Å². The van der Waals surface area contributed by atoms with Gasteiger partial charge in [-0.15, -0.1) is 21.6 Å². The van der Waals surface area contributed by atoms with Crippen molar-refractivity contribution in [2.24, 2.45) is 15.2 Å². The topological polar surface area (TPSA) is 90.2 Å². The zero-order chi connectivity index (χ0) is 16.5. The Morgan fingerprint density at radius 1 is 1.17 bits per heavy atom. The maximum absolute atomic E-state index is 11.9. The molecule has 1 amide bonds. The van der Waals surface area contributed by atoms with Crippen LogP contribution in [0.1, 0.15) is 4.88 Å². The molecule has 0 saturated heterocycles. The number of amidine groups is 1. The highest BCUT2D eigenvalue weighted by atomic mass is 32.2. The van der Waals surface area contributed by atoms with E-state index in [4.69, 9.17) is 0 Å². The van der Waals surface area contributed by atoms with E-state index in [1.54, 1.807) is 17.4 Å². The fraction of sp³-hybridized carbons (Fsp3) is 0. The minimum Gasteiger partial charge on any atom is -0.493 e. The third-order valence-electron chi connectivity index (χ3n) is 3.32. The van der Waals surface area contributed by atoms with Crippen molar-refractivity contribution in [1.29, 1.82) is 0 Å². The number of amides is 1. The number of aliphatic imine (C=N–C) groups is 1. The van der Waals surface area contributed by atoms with Gasteiger partial charge in [0.1, 0.15) is 0 Å². The van der Waals surface area contributed by atoms with Crippen LogP contribution in [0.4, 0.5) is 5.69 Å². The number of azo groups is 1. The summed E-state index contributed by atoms with van der Waals surface area (Å²) in [5, 5.41) is 21.0. The molecule has 1 aliphatic rings. The minimum atomic E-state index is -0.328. The van der Waals surface area contributed by atoms with Crippen molar-refractivity contribution >= 4 is 56.8 Å². The molecule has 4 rings (SSSR count). The maximum Gasteiger partial charge on any atom is 0.286 e. The number of benzene rings is 1. The Balaban J connectivity index is 1.59. The molecular weight excluding hydrogens is 344 g/mol. The Labute approximate surface area is 144 Å². The van der Waals surface area contributed by atoms with Crippen LogP contribution in [-0.4, -0.2) is 21.2 Å². The summed E-state index contributed by atoms with van der Waals surface area (Å²) in [5.41, 5.74) is 1.09. The molecule has 8 heteroatoms. The maximum atomic E-state index is 11.9. The van der Waals surface area contributed by atoms with Crippen LogP contribution in [0.15, 0.2) is 61.9 Å². The van der Waals surface area contributed by atoms with Gasteiger partial charge >= 0.3 is 0 Å². The smallest absolute Gasteiger partial charge is 0.286 e. The first-order valence-electron chi connectivity index (χ1n) is 6.98. The quantitative estimate of drug-likeness (QED) is 0.517. The second-order valence-corrected chi connectivity index (χ2v) is 6.88. The molecule has 118 valence electrons. The summed E-state index contributed by atoms with van der Waals surface area (Å²) in [6, 6.07) is 11.2. The normalized spacial score (nSPS) is 16.6. The number of rotatable bonds is 2. The van der Waals surface area contributed by atoms with E-state index >= 15 is 0 Å². The number of nitrogens with zero attached hydrogens (tertiary/aromatic N) is 3. The molecule has 0 saturated carbocycles. The lowest BCUT2D eigenvalue weighted by molar-refractivity contribution is -0.113. The van der Waals surface area contributed by atoms with Crippen molar-refractivity contribution in [3.63, 3.8) is 0 Å². The number of thioether (sulfide) groups is 1. The van der Waals surface area contributed by atoms with Crippen molar-refractivity contribution in [1.82, 2.24) is 4.98 Å². The van der Waals surface area contributed by atoms with E-state index in [2.05, 4.69) is 20.2 Å². The van der Waals surface area contributed by atoms with Crippen LogP contribution in [0.25, 0.3) is 17.0 Å². The highest BCUT2D eigenvalue weighted by molar-refractivity contribution is 8.18. The molecule has 0 atom stereocenters. The van der Waals surface area contributed by atoms with Gasteiger partial charge < -0.3 is 10.1 Å². The van der Waals surface area contributed by atoms with E-state index in [-0.39, 0.29) is 17.0 Å². The Morgan fingerprint density at radius 3 is 2.88 bits per heavy atom. The van der Waals surface area contributed by atoms with Gasteiger partial charge in [-0.05, 0) is 35.4 Å². The molecule has 3 aromatic rings. The average Bonchev–Trinajstić information content (AvgIpc) is 3.26. The number of nitrogens with one attached hydrogen (secondary N) is 1. The van der Waals surface area contributed by atoms with Gasteiger partial charge in [0.25, 0.3) is 5.91 Å². The first-order valence-corrected chi connectivity index (χ1v) is 8.68. The number of aromatic nitrogens is 1. The lowest BCUT2D eigenvalue weighted by Crippen LogP contribution is -1.86. The van der Waals surface area contributed by atoms with Crippen LogP contribution >= 0.6 is 23.1 Å². The summed E-state index contributed by atoms with van der Waals surface area (Å²) in [6.07, 6.45) is 1.78. The van der Waals surface area contributed by atoms with E-state index in [0.717, 1.165) is 15.8 Å². The summed E-state index contributed by atoms with van der Waals surface area (Å²) in [6.45, 7) is 0. The van der Waals surface area contributed by atoms with Crippen molar-refractivity contribution in [2.45, 2.75) is 0 Å². The Kier molecular flexibility index (Phi) is 3.75. The molecule has 24 heavy (non-hydrogen) atoms. The first-order chi connectivity index (χ1) is 11.7. The van der Waals surface area contributed by atoms with Gasteiger partial charge in [0.05, 0.1) is 10.4 Å². The summed E-state index contributed by atoms with van der Waals surface area (Å²) in [4.78, 5) is 20.1. The number of hydrogen-bond acceptors (Lipinski definition) is 6. The molecule has 0 aliphatic carbocycles. The van der Waals surface area contributed by atoms with Gasteiger partial charge in [-0.25, -0.2) is 0 Å². The zero-order valence-corrected chi connectivity index (χ0v) is 13.8. The fourth-order valence-electron chi connectivity index (χ4n) is 2.25. The van der Waals surface area contributed by atoms with E-state index in [1.165, 1.54) is 11.8 Å². The number of para-hydroxylation sites is 1. The summed E-state index contributed by atoms with van der Waals surface area (Å²) >= 11 is 2.71. The highest BCUT2D eigenvalue weighted by Gasteiger charge is 2.22. The Morgan fingerprint density at radius 2 is 2.04 bits per heavy atom. The van der Waals surface area contributed by atoms with Gasteiger partial charge in [0.15, 0.2) is 5.69 Å². The molecule has 3 heterocycles. The summed E-state index contributed by atoms with van der Waals surface area (Å²) in [5.74, 6) is -0.394. The van der Waals surface area contributed by atoms with E-state index < -0.39 is 0 Å². The molecule has 0 fully saturated rings. The predicted octanol–water partition coefficient (Wildman–Crippen LogP) is 4.69. The number of thiophene rings is 1. The molecule has 0 unspecified atom stereocenters. The van der Waals surface area contributed by atoms with Gasteiger partial charge in [-0.2, -0.15) is 4.99 Å². The van der Waals surface area contributed by atoms with Crippen LogP contribution in [0.3, 0.4) is 0 Å². The third-order valence-corrected chi connectivity index (χ3v) is 5.01. The van der Waals surface area contributed by atoms with Gasteiger partial charge in [-0.1, -0.05) is 24.3 Å². The van der Waals surface area contributed by atoms with Gasteiger partial charge in [0.2, 0.25) is 11.0 Å². The second-order valence-electron chi connectivity index (χ2n) is 4.89. The van der Waals surface area contributed by atoms with Crippen molar-refractivity contribution in [3.05, 3.63) is 51.6 Å². The largest absolute Gasteiger partial charge is 0.493 e. The van der Waals surface area contributed by atoms with Crippen LogP contribution in [0.5, 0.6) is 5.88 Å². The van der Waals surface area contributed by atoms with E-state index in [1.807, 2.05) is 41.8 Å². The number of aromatic amines is 1. The predicted molar refractivity (Wildman–Crippen MR) is 96.8 cm³/mol. The Bertz CT molecular complexity index is 1020. The fourth-order valence-corrected chi connectivity index (χ4v) is 3.71. The van der Waals surface area contributed by atoms with Gasteiger partial charge in [0, 0.05) is 10.3 Å². The number of aromatic hydroxyl groups is 1. The SMILES string of the molecule is O=C1N=C(N=Nc2c(O)[nH]c3ccccc23)SC1=Cc1cccs1. The van der Waals surface area contributed by atoms with Crippen LogP contribution in [0, 0.1) is 0 Å². The monoisotopic (exact) mass is 354 g/mol. The zero-order valence-electron chi connectivity index (χ0n) is 12.1. The number of carbonyl (C=O) groups excluding carboxylic acids is 1. The molecule has 6 nitrogen and oxygen atoms in total. The van der Waals surface area contributed by atoms with Crippen LogP contribution < -0.4 is 0 Å². The third kappa shape index (κ3) is 2.77. The molecule has 0 spiro atoms. The molecule has 0 radical (unpaired) electrons. The van der Waals surface area contributed by atoms with Crippen molar-refractivity contribution < 1.29 is 9.90 Å².